The highest BCUT2D eigenvalue weighted by molar-refractivity contribution is 5.89. The third kappa shape index (κ3) is 4.37. The molecule has 0 radical (unpaired) electrons. The molecule has 1 fully saturated rings. The van der Waals surface area contributed by atoms with Crippen molar-refractivity contribution in [1.29, 1.82) is 0 Å². The van der Waals surface area contributed by atoms with Crippen LogP contribution in [-0.2, 0) is 11.3 Å². The molecule has 4 rings (SSSR count). The molecule has 3 heterocycles. The molecule has 0 bridgehead atoms. The third-order valence-corrected chi connectivity index (χ3v) is 5.51. The van der Waals surface area contributed by atoms with E-state index < -0.39 is 0 Å². The van der Waals surface area contributed by atoms with E-state index in [1.54, 1.807) is 23.2 Å². The molecule has 152 valence electrons. The normalized spacial score (nSPS) is 15.6. The zero-order chi connectivity index (χ0) is 20.2. The lowest BCUT2D eigenvalue weighted by atomic mass is 10.1. The summed E-state index contributed by atoms with van der Waals surface area (Å²) < 4.78 is 3.50. The molecule has 0 unspecified atom stereocenters. The molecule has 1 saturated heterocycles. The average molecular weight is 394 g/mol. The number of carbonyl (C=O) groups is 1. The average Bonchev–Trinajstić information content (AvgIpc) is 3.18. The molecule has 1 aliphatic heterocycles. The Morgan fingerprint density at radius 2 is 2.00 bits per heavy atom. The number of fused-ring (bicyclic) bond motifs is 1. The predicted octanol–water partition coefficient (Wildman–Crippen LogP) is 2.28. The lowest BCUT2D eigenvalue weighted by Gasteiger charge is -2.30. The molecule has 8 nitrogen and oxygen atoms in total. The molecule has 0 atom stereocenters. The quantitative estimate of drug-likeness (QED) is 0.693. The Balaban J connectivity index is 1.33. The van der Waals surface area contributed by atoms with Gasteiger partial charge in [0, 0.05) is 19.0 Å². The molecule has 0 spiro atoms. The van der Waals surface area contributed by atoms with Crippen LogP contribution in [0.2, 0.25) is 0 Å². The minimum absolute atomic E-state index is 0.0681. The van der Waals surface area contributed by atoms with Crippen LogP contribution in [0.1, 0.15) is 31.7 Å². The molecule has 8 heteroatoms. The summed E-state index contributed by atoms with van der Waals surface area (Å²) in [5.41, 5.74) is 0.616. The van der Waals surface area contributed by atoms with Gasteiger partial charge in [-0.1, -0.05) is 12.1 Å². The Morgan fingerprint density at radius 1 is 1.21 bits per heavy atom. The van der Waals surface area contributed by atoms with Crippen LogP contribution in [0.4, 0.5) is 5.82 Å². The van der Waals surface area contributed by atoms with Crippen molar-refractivity contribution in [3.05, 3.63) is 53.2 Å². The number of rotatable bonds is 6. The third-order valence-electron chi connectivity index (χ3n) is 5.51. The van der Waals surface area contributed by atoms with Crippen LogP contribution in [0.15, 0.2) is 47.7 Å². The standard InChI is InChI=1S/C21H26N6O2/c1-25-13-9-16(10-14-25)27-19(8-11-23-27)24-20(28)7-4-12-26-15-22-18-6-3-2-5-17(18)21(26)29/h2-3,5-6,8,11,15-16H,4,7,9-10,12-14H2,1H3,(H,24,28). The maximum absolute atomic E-state index is 12.5. The number of aromatic nitrogens is 4. The number of likely N-dealkylation sites (tertiary alicyclic amines) is 1. The Morgan fingerprint density at radius 3 is 2.83 bits per heavy atom. The van der Waals surface area contributed by atoms with Crippen LogP contribution in [0.25, 0.3) is 10.9 Å². The van der Waals surface area contributed by atoms with Crippen molar-refractivity contribution in [1.82, 2.24) is 24.2 Å². The van der Waals surface area contributed by atoms with E-state index in [4.69, 9.17) is 0 Å². The highest BCUT2D eigenvalue weighted by Gasteiger charge is 2.21. The fraction of sp³-hybridized carbons (Fsp3) is 0.429. The van der Waals surface area contributed by atoms with Gasteiger partial charge >= 0.3 is 0 Å². The Kier molecular flexibility index (Phi) is 5.71. The van der Waals surface area contributed by atoms with Crippen LogP contribution < -0.4 is 10.9 Å². The summed E-state index contributed by atoms with van der Waals surface area (Å²) in [6.07, 6.45) is 6.23. The highest BCUT2D eigenvalue weighted by Crippen LogP contribution is 2.24. The summed E-state index contributed by atoms with van der Waals surface area (Å²) >= 11 is 0. The van der Waals surface area contributed by atoms with E-state index in [2.05, 4.69) is 27.3 Å². The van der Waals surface area contributed by atoms with Crippen molar-refractivity contribution >= 4 is 22.6 Å². The largest absolute Gasteiger partial charge is 0.311 e. The first-order valence-electron chi connectivity index (χ1n) is 10.1. The Hall–Kier alpha value is -3.00. The minimum Gasteiger partial charge on any atom is -0.311 e. The molecule has 1 aliphatic rings. The summed E-state index contributed by atoms with van der Waals surface area (Å²) in [7, 11) is 2.12. The van der Waals surface area contributed by atoms with Gasteiger partial charge in [-0.25, -0.2) is 9.67 Å². The summed E-state index contributed by atoms with van der Waals surface area (Å²) in [6.45, 7) is 2.53. The SMILES string of the molecule is CN1CCC(n2nccc2NC(=O)CCCn2cnc3ccccc3c2=O)CC1. The molecular weight excluding hydrogens is 368 g/mol. The van der Waals surface area contributed by atoms with Crippen molar-refractivity contribution < 1.29 is 4.79 Å². The van der Waals surface area contributed by atoms with E-state index in [9.17, 15) is 9.59 Å². The number of hydrogen-bond acceptors (Lipinski definition) is 5. The number of hydrogen-bond donors (Lipinski definition) is 1. The van der Waals surface area contributed by atoms with Gasteiger partial charge in [0.1, 0.15) is 5.82 Å². The number of carbonyl (C=O) groups excluding carboxylic acids is 1. The molecule has 2 aromatic heterocycles. The van der Waals surface area contributed by atoms with E-state index in [0.717, 1.165) is 31.7 Å². The molecule has 1 amide bonds. The lowest BCUT2D eigenvalue weighted by Crippen LogP contribution is -2.32. The molecule has 3 aromatic rings. The van der Waals surface area contributed by atoms with Crippen molar-refractivity contribution in [3.63, 3.8) is 0 Å². The smallest absolute Gasteiger partial charge is 0.261 e. The van der Waals surface area contributed by atoms with E-state index in [1.165, 1.54) is 0 Å². The number of aryl methyl sites for hydroxylation is 1. The molecule has 1 aromatic carbocycles. The number of piperidine rings is 1. The number of nitrogens with zero attached hydrogens (tertiary/aromatic N) is 5. The first kappa shape index (κ1) is 19.3. The van der Waals surface area contributed by atoms with Crippen LogP contribution in [0, 0.1) is 0 Å². The monoisotopic (exact) mass is 394 g/mol. The second kappa shape index (κ2) is 8.57. The summed E-state index contributed by atoms with van der Waals surface area (Å²) in [5.74, 6) is 0.676. The predicted molar refractivity (Wildman–Crippen MR) is 112 cm³/mol. The number of nitrogens with one attached hydrogen (secondary N) is 1. The van der Waals surface area contributed by atoms with Crippen molar-refractivity contribution in [2.24, 2.45) is 0 Å². The first-order valence-corrected chi connectivity index (χ1v) is 10.1. The Labute approximate surface area is 169 Å². The van der Waals surface area contributed by atoms with E-state index in [0.29, 0.717) is 36.3 Å². The van der Waals surface area contributed by atoms with Gasteiger partial charge < -0.3 is 10.2 Å². The van der Waals surface area contributed by atoms with Gasteiger partial charge in [0.25, 0.3) is 5.56 Å². The molecule has 1 N–H and O–H groups in total. The lowest BCUT2D eigenvalue weighted by molar-refractivity contribution is -0.116. The molecule has 29 heavy (non-hydrogen) atoms. The van der Waals surface area contributed by atoms with Gasteiger partial charge in [-0.3, -0.25) is 14.2 Å². The second-order valence-electron chi connectivity index (χ2n) is 7.61. The minimum atomic E-state index is -0.0728. The zero-order valence-electron chi connectivity index (χ0n) is 16.6. The van der Waals surface area contributed by atoms with Crippen LogP contribution >= 0.6 is 0 Å². The van der Waals surface area contributed by atoms with E-state index in [-0.39, 0.29) is 11.5 Å². The van der Waals surface area contributed by atoms with Crippen LogP contribution in [-0.4, -0.2) is 50.3 Å². The summed E-state index contributed by atoms with van der Waals surface area (Å²) in [6, 6.07) is 9.45. The summed E-state index contributed by atoms with van der Waals surface area (Å²) in [4.78, 5) is 31.6. The zero-order valence-corrected chi connectivity index (χ0v) is 16.6. The van der Waals surface area contributed by atoms with Crippen molar-refractivity contribution in [2.45, 2.75) is 38.3 Å². The first-order chi connectivity index (χ1) is 14.1. The van der Waals surface area contributed by atoms with Gasteiger partial charge in [0.15, 0.2) is 0 Å². The number of anilines is 1. The number of para-hydroxylation sites is 1. The van der Waals surface area contributed by atoms with E-state index in [1.807, 2.05) is 28.9 Å². The highest BCUT2D eigenvalue weighted by atomic mass is 16.1. The van der Waals surface area contributed by atoms with Gasteiger partial charge in [0.05, 0.1) is 29.5 Å². The fourth-order valence-corrected chi connectivity index (χ4v) is 3.82. The van der Waals surface area contributed by atoms with Gasteiger partial charge in [-0.15, -0.1) is 0 Å². The van der Waals surface area contributed by atoms with Gasteiger partial charge in [-0.2, -0.15) is 5.10 Å². The van der Waals surface area contributed by atoms with Crippen LogP contribution in [0.3, 0.4) is 0 Å². The van der Waals surface area contributed by atoms with Crippen LogP contribution in [0.5, 0.6) is 0 Å². The van der Waals surface area contributed by atoms with E-state index >= 15 is 0 Å². The molecular formula is C21H26N6O2. The topological polar surface area (TPSA) is 85.1 Å². The van der Waals surface area contributed by atoms with Crippen molar-refractivity contribution in [3.8, 4) is 0 Å². The second-order valence-corrected chi connectivity index (χ2v) is 7.61. The van der Waals surface area contributed by atoms with Crippen molar-refractivity contribution in [2.75, 3.05) is 25.5 Å². The molecule has 0 saturated carbocycles. The Bertz CT molecular complexity index is 1050. The van der Waals surface area contributed by atoms with Gasteiger partial charge in [-0.05, 0) is 51.5 Å². The number of benzene rings is 1. The maximum Gasteiger partial charge on any atom is 0.261 e. The summed E-state index contributed by atoms with van der Waals surface area (Å²) in [5, 5.41) is 7.99. The molecule has 0 aliphatic carbocycles. The number of amides is 1. The van der Waals surface area contributed by atoms with Gasteiger partial charge in [0.2, 0.25) is 5.91 Å². The fourth-order valence-electron chi connectivity index (χ4n) is 3.82. The maximum atomic E-state index is 12.5.